The number of carbonyl (C=O) groups is 1. The number of hydrogen-bond acceptors (Lipinski definition) is 3. The lowest BCUT2D eigenvalue weighted by molar-refractivity contribution is 0.0697. The number of rotatable bonds is 4. The Balaban J connectivity index is 2.51. The number of anilines is 2. The molecule has 1 aromatic carbocycles. The highest BCUT2D eigenvalue weighted by atomic mass is 19.1. The minimum atomic E-state index is -1.20. The third kappa shape index (κ3) is 2.94. The SMILES string of the molecule is CCc1ccc(Nc2c(C(=O)O)ccc(=O)n2C)c(F)c1. The number of nitrogens with one attached hydrogen (secondary N) is 1. The average Bonchev–Trinajstić information content (AvgIpc) is 2.45. The smallest absolute Gasteiger partial charge is 0.339 e. The van der Waals surface area contributed by atoms with Gasteiger partial charge in [-0.1, -0.05) is 13.0 Å². The Morgan fingerprint density at radius 2 is 2.05 bits per heavy atom. The number of aryl methyl sites for hydroxylation is 1. The van der Waals surface area contributed by atoms with E-state index >= 15 is 0 Å². The summed E-state index contributed by atoms with van der Waals surface area (Å²) in [7, 11) is 1.43. The summed E-state index contributed by atoms with van der Waals surface area (Å²) in [4.78, 5) is 22.8. The van der Waals surface area contributed by atoms with E-state index in [0.717, 1.165) is 16.2 Å². The molecule has 1 aromatic heterocycles. The van der Waals surface area contributed by atoms with Crippen LogP contribution in [0.4, 0.5) is 15.9 Å². The minimum absolute atomic E-state index is 0.0400. The van der Waals surface area contributed by atoms with Crippen molar-refractivity contribution in [3.05, 3.63) is 57.6 Å². The lowest BCUT2D eigenvalue weighted by Crippen LogP contribution is -2.21. The molecule has 0 aliphatic carbocycles. The summed E-state index contributed by atoms with van der Waals surface area (Å²) in [6.45, 7) is 1.91. The molecular formula is C15H15FN2O3. The third-order valence-electron chi connectivity index (χ3n) is 3.24. The summed E-state index contributed by atoms with van der Waals surface area (Å²) in [5, 5.41) is 11.9. The average molecular weight is 290 g/mol. The second-order valence-electron chi connectivity index (χ2n) is 4.59. The van der Waals surface area contributed by atoms with E-state index in [1.54, 1.807) is 6.07 Å². The van der Waals surface area contributed by atoms with Crippen LogP contribution in [0.1, 0.15) is 22.8 Å². The van der Waals surface area contributed by atoms with Crippen LogP contribution in [0.25, 0.3) is 0 Å². The number of aromatic carboxylic acids is 1. The van der Waals surface area contributed by atoms with Gasteiger partial charge in [-0.05, 0) is 30.2 Å². The van der Waals surface area contributed by atoms with Crippen LogP contribution in [-0.4, -0.2) is 15.6 Å². The Labute approximate surface area is 120 Å². The molecule has 0 aliphatic heterocycles. The molecule has 0 unspecified atom stereocenters. The van der Waals surface area contributed by atoms with Gasteiger partial charge in [0.2, 0.25) is 0 Å². The summed E-state index contributed by atoms with van der Waals surface area (Å²) >= 11 is 0. The Morgan fingerprint density at radius 1 is 1.33 bits per heavy atom. The fraction of sp³-hybridized carbons (Fsp3) is 0.200. The number of hydrogen-bond donors (Lipinski definition) is 2. The van der Waals surface area contributed by atoms with Crippen molar-refractivity contribution < 1.29 is 14.3 Å². The van der Waals surface area contributed by atoms with Gasteiger partial charge >= 0.3 is 5.97 Å². The van der Waals surface area contributed by atoms with Gasteiger partial charge < -0.3 is 10.4 Å². The summed E-state index contributed by atoms with van der Waals surface area (Å²) in [5.74, 6) is -1.65. The molecule has 0 saturated heterocycles. The molecule has 0 amide bonds. The first kappa shape index (κ1) is 14.8. The number of carboxylic acids is 1. The Hall–Kier alpha value is -2.63. The molecule has 21 heavy (non-hydrogen) atoms. The van der Waals surface area contributed by atoms with Crippen molar-refractivity contribution >= 4 is 17.5 Å². The van der Waals surface area contributed by atoms with Gasteiger partial charge in [0.05, 0.1) is 5.69 Å². The Kier molecular flexibility index (Phi) is 4.07. The van der Waals surface area contributed by atoms with Crippen molar-refractivity contribution in [2.45, 2.75) is 13.3 Å². The van der Waals surface area contributed by atoms with Crippen molar-refractivity contribution in [1.82, 2.24) is 4.57 Å². The first-order valence-corrected chi connectivity index (χ1v) is 6.42. The summed E-state index contributed by atoms with van der Waals surface area (Å²) in [5.41, 5.74) is 0.471. The monoisotopic (exact) mass is 290 g/mol. The van der Waals surface area contributed by atoms with Crippen molar-refractivity contribution in [2.24, 2.45) is 7.05 Å². The van der Waals surface area contributed by atoms with Crippen molar-refractivity contribution in [1.29, 1.82) is 0 Å². The molecule has 0 bridgehead atoms. The van der Waals surface area contributed by atoms with E-state index in [-0.39, 0.29) is 22.6 Å². The van der Waals surface area contributed by atoms with Gasteiger partial charge in [-0.2, -0.15) is 0 Å². The molecule has 1 heterocycles. The van der Waals surface area contributed by atoms with Crippen molar-refractivity contribution in [2.75, 3.05) is 5.32 Å². The minimum Gasteiger partial charge on any atom is -0.478 e. The molecule has 0 fully saturated rings. The zero-order valence-electron chi connectivity index (χ0n) is 11.7. The largest absolute Gasteiger partial charge is 0.478 e. The molecule has 2 aromatic rings. The van der Waals surface area contributed by atoms with E-state index in [2.05, 4.69) is 5.32 Å². The molecule has 6 heteroatoms. The van der Waals surface area contributed by atoms with Crippen LogP contribution in [0.5, 0.6) is 0 Å². The van der Waals surface area contributed by atoms with E-state index in [4.69, 9.17) is 5.11 Å². The fourth-order valence-electron chi connectivity index (χ4n) is 1.97. The first-order valence-electron chi connectivity index (χ1n) is 6.42. The van der Waals surface area contributed by atoms with E-state index < -0.39 is 11.8 Å². The van der Waals surface area contributed by atoms with Gasteiger partial charge in [-0.15, -0.1) is 0 Å². The number of halogens is 1. The molecule has 0 radical (unpaired) electrons. The Bertz CT molecular complexity index is 753. The van der Waals surface area contributed by atoms with E-state index in [9.17, 15) is 14.0 Å². The second-order valence-corrected chi connectivity index (χ2v) is 4.59. The van der Waals surface area contributed by atoms with Crippen LogP contribution in [0, 0.1) is 5.82 Å². The van der Waals surface area contributed by atoms with Crippen molar-refractivity contribution in [3.63, 3.8) is 0 Å². The van der Waals surface area contributed by atoms with Gasteiger partial charge in [-0.25, -0.2) is 9.18 Å². The van der Waals surface area contributed by atoms with E-state index in [0.29, 0.717) is 6.42 Å². The second kappa shape index (κ2) is 5.78. The molecule has 0 spiro atoms. The van der Waals surface area contributed by atoms with Gasteiger partial charge in [-0.3, -0.25) is 9.36 Å². The summed E-state index contributed by atoms with van der Waals surface area (Å²) in [6, 6.07) is 7.00. The lowest BCUT2D eigenvalue weighted by atomic mass is 10.1. The molecule has 0 aliphatic rings. The number of benzene rings is 1. The molecule has 110 valence electrons. The highest BCUT2D eigenvalue weighted by molar-refractivity contribution is 5.94. The zero-order valence-corrected chi connectivity index (χ0v) is 11.7. The zero-order chi connectivity index (χ0) is 15.6. The molecule has 0 atom stereocenters. The van der Waals surface area contributed by atoms with Crippen molar-refractivity contribution in [3.8, 4) is 0 Å². The van der Waals surface area contributed by atoms with Gasteiger partial charge in [0.1, 0.15) is 17.2 Å². The van der Waals surface area contributed by atoms with E-state index in [1.165, 1.54) is 25.2 Å². The molecule has 2 rings (SSSR count). The van der Waals surface area contributed by atoms with Gasteiger partial charge in [0.15, 0.2) is 0 Å². The lowest BCUT2D eigenvalue weighted by Gasteiger charge is -2.14. The fourth-order valence-corrected chi connectivity index (χ4v) is 1.97. The number of pyridine rings is 1. The maximum absolute atomic E-state index is 14.0. The molecular weight excluding hydrogens is 275 g/mol. The first-order chi connectivity index (χ1) is 9.93. The Morgan fingerprint density at radius 3 is 2.62 bits per heavy atom. The van der Waals surface area contributed by atoms with Crippen LogP contribution < -0.4 is 10.9 Å². The van der Waals surface area contributed by atoms with Crippen LogP contribution in [0.2, 0.25) is 0 Å². The molecule has 5 nitrogen and oxygen atoms in total. The van der Waals surface area contributed by atoms with Crippen LogP contribution in [0.3, 0.4) is 0 Å². The summed E-state index contributed by atoms with van der Waals surface area (Å²) in [6.07, 6.45) is 0.696. The quantitative estimate of drug-likeness (QED) is 0.907. The van der Waals surface area contributed by atoms with E-state index in [1.807, 2.05) is 6.92 Å². The topological polar surface area (TPSA) is 71.3 Å². The number of aromatic nitrogens is 1. The van der Waals surface area contributed by atoms with Crippen LogP contribution in [0.15, 0.2) is 35.1 Å². The predicted octanol–water partition coefficient (Wildman–Crippen LogP) is 2.53. The maximum atomic E-state index is 14.0. The third-order valence-corrected chi connectivity index (χ3v) is 3.24. The number of carboxylic acid groups (broad SMARTS) is 1. The van der Waals surface area contributed by atoms with Crippen LogP contribution in [-0.2, 0) is 13.5 Å². The normalized spacial score (nSPS) is 10.4. The number of nitrogens with zero attached hydrogens (tertiary/aromatic N) is 1. The predicted molar refractivity (Wildman–Crippen MR) is 77.7 cm³/mol. The maximum Gasteiger partial charge on any atom is 0.339 e. The van der Waals surface area contributed by atoms with Gasteiger partial charge in [0, 0.05) is 13.1 Å². The molecule has 0 saturated carbocycles. The van der Waals surface area contributed by atoms with Crippen LogP contribution >= 0.6 is 0 Å². The standard InChI is InChI=1S/C15H15FN2O3/c1-3-9-4-6-12(11(16)8-9)17-14-10(15(20)21)5-7-13(19)18(14)2/h4-8,17H,3H2,1-2H3,(H,20,21). The highest BCUT2D eigenvalue weighted by Gasteiger charge is 2.15. The summed E-state index contributed by atoms with van der Waals surface area (Å²) < 4.78 is 15.1. The van der Waals surface area contributed by atoms with Gasteiger partial charge in [0.25, 0.3) is 5.56 Å². The highest BCUT2D eigenvalue weighted by Crippen LogP contribution is 2.23. The molecule has 2 N–H and O–H groups in total.